The van der Waals surface area contributed by atoms with E-state index < -0.39 is 5.91 Å². The lowest BCUT2D eigenvalue weighted by molar-refractivity contribution is -0.124. The fraction of sp³-hybridized carbons (Fsp3) is 0.316. The highest BCUT2D eigenvalue weighted by Crippen LogP contribution is 2.15. The number of halogens is 1. The van der Waals surface area contributed by atoms with Gasteiger partial charge in [0.05, 0.1) is 18.1 Å². The van der Waals surface area contributed by atoms with Crippen molar-refractivity contribution in [3.05, 3.63) is 59.8 Å². The van der Waals surface area contributed by atoms with Crippen LogP contribution in [-0.4, -0.2) is 51.7 Å². The molecule has 7 nitrogen and oxygen atoms in total. The zero-order chi connectivity index (χ0) is 19.1. The molecule has 1 aromatic carbocycles. The Balaban J connectivity index is 1.45. The zero-order valence-corrected chi connectivity index (χ0v) is 14.8. The number of nitrogens with zero attached hydrogens (tertiary/aromatic N) is 3. The molecule has 1 aliphatic heterocycles. The summed E-state index contributed by atoms with van der Waals surface area (Å²) in [4.78, 5) is 21.8. The van der Waals surface area contributed by atoms with Gasteiger partial charge in [0.2, 0.25) is 0 Å². The largest absolute Gasteiger partial charge is 0.365 e. The first-order chi connectivity index (χ1) is 13.1. The van der Waals surface area contributed by atoms with E-state index in [9.17, 15) is 9.18 Å². The Kier molecular flexibility index (Phi) is 6.45. The van der Waals surface area contributed by atoms with Gasteiger partial charge in [0.15, 0.2) is 0 Å². The molecule has 0 saturated carbocycles. The number of benzene rings is 1. The summed E-state index contributed by atoms with van der Waals surface area (Å²) in [5.41, 5.74) is 3.04. The van der Waals surface area contributed by atoms with Crippen LogP contribution in [0.5, 0.6) is 0 Å². The van der Waals surface area contributed by atoms with Gasteiger partial charge in [-0.3, -0.25) is 15.0 Å². The van der Waals surface area contributed by atoms with E-state index in [4.69, 9.17) is 5.21 Å². The Morgan fingerprint density at radius 3 is 3.00 bits per heavy atom. The van der Waals surface area contributed by atoms with Gasteiger partial charge in [-0.15, -0.1) is 0 Å². The quantitative estimate of drug-likeness (QED) is 0.391. The average molecular weight is 371 g/mol. The van der Waals surface area contributed by atoms with E-state index in [-0.39, 0.29) is 11.9 Å². The first-order valence-corrected chi connectivity index (χ1v) is 8.80. The van der Waals surface area contributed by atoms with Crippen molar-refractivity contribution in [2.24, 2.45) is 0 Å². The van der Waals surface area contributed by atoms with E-state index in [1.165, 1.54) is 23.7 Å². The molecule has 0 radical (unpaired) electrons. The minimum Gasteiger partial charge on any atom is -0.365 e. The van der Waals surface area contributed by atoms with Crippen LogP contribution in [0.4, 0.5) is 10.2 Å². The van der Waals surface area contributed by atoms with Crippen molar-refractivity contribution in [3.63, 3.8) is 0 Å². The van der Waals surface area contributed by atoms with Crippen LogP contribution >= 0.6 is 0 Å². The van der Waals surface area contributed by atoms with Gasteiger partial charge in [-0.2, -0.15) is 0 Å². The standard InChI is InChI=1S/C19H22FN5O2/c20-15-3-1-2-14(10-15)6-8-25-9-7-17(13-25)23-18-12-21-16(11-22-18)4-5-19(26)24-27/h1-5,10-12,17,27H,6-9,13H2,(H,22,23)(H,24,26)/b5-4+/t17-/m1/s1. The van der Waals surface area contributed by atoms with Crippen molar-refractivity contribution < 1.29 is 14.4 Å². The number of hydroxylamine groups is 1. The van der Waals surface area contributed by atoms with Crippen LogP contribution in [0.25, 0.3) is 6.08 Å². The summed E-state index contributed by atoms with van der Waals surface area (Å²) in [5.74, 6) is -0.138. The molecule has 1 atom stereocenters. The number of carbonyl (C=O) groups is 1. The lowest BCUT2D eigenvalue weighted by Gasteiger charge is -2.17. The van der Waals surface area contributed by atoms with E-state index in [1.54, 1.807) is 24.5 Å². The summed E-state index contributed by atoms with van der Waals surface area (Å²) < 4.78 is 13.2. The average Bonchev–Trinajstić information content (AvgIpc) is 3.13. The number of likely N-dealkylation sites (tertiary alicyclic amines) is 1. The van der Waals surface area contributed by atoms with Gasteiger partial charge < -0.3 is 10.2 Å². The molecule has 3 rings (SSSR count). The van der Waals surface area contributed by atoms with Crippen molar-refractivity contribution in [1.82, 2.24) is 20.3 Å². The maximum Gasteiger partial charge on any atom is 0.267 e. The highest BCUT2D eigenvalue weighted by atomic mass is 19.1. The molecule has 1 aliphatic rings. The van der Waals surface area contributed by atoms with Gasteiger partial charge in [-0.05, 0) is 36.6 Å². The molecule has 2 heterocycles. The number of carbonyl (C=O) groups excluding carboxylic acids is 1. The highest BCUT2D eigenvalue weighted by molar-refractivity contribution is 5.90. The molecule has 1 aromatic heterocycles. The number of amides is 1. The van der Waals surface area contributed by atoms with Gasteiger partial charge in [-0.25, -0.2) is 14.9 Å². The van der Waals surface area contributed by atoms with Crippen molar-refractivity contribution in [2.45, 2.75) is 18.9 Å². The van der Waals surface area contributed by atoms with Crippen molar-refractivity contribution in [2.75, 3.05) is 25.0 Å². The van der Waals surface area contributed by atoms with Crippen LogP contribution in [0.3, 0.4) is 0 Å². The van der Waals surface area contributed by atoms with Gasteiger partial charge >= 0.3 is 0 Å². The molecule has 0 spiro atoms. The molecule has 0 bridgehead atoms. The normalized spacial score (nSPS) is 17.3. The Morgan fingerprint density at radius 2 is 2.26 bits per heavy atom. The van der Waals surface area contributed by atoms with Crippen LogP contribution in [0.15, 0.2) is 42.7 Å². The summed E-state index contributed by atoms with van der Waals surface area (Å²) in [7, 11) is 0. The molecule has 27 heavy (non-hydrogen) atoms. The van der Waals surface area contributed by atoms with Crippen LogP contribution < -0.4 is 10.8 Å². The van der Waals surface area contributed by atoms with Crippen LogP contribution in [0.2, 0.25) is 0 Å². The summed E-state index contributed by atoms with van der Waals surface area (Å²) >= 11 is 0. The third-order valence-electron chi connectivity index (χ3n) is 4.42. The number of rotatable bonds is 7. The minimum atomic E-state index is -0.622. The monoisotopic (exact) mass is 371 g/mol. The molecular weight excluding hydrogens is 349 g/mol. The Hall–Kier alpha value is -2.84. The molecule has 1 fully saturated rings. The van der Waals surface area contributed by atoms with Crippen molar-refractivity contribution in [3.8, 4) is 0 Å². The van der Waals surface area contributed by atoms with E-state index in [1.807, 2.05) is 6.07 Å². The summed E-state index contributed by atoms with van der Waals surface area (Å²) in [6.45, 7) is 2.77. The SMILES string of the molecule is O=C(/C=C/c1cnc(N[C@@H]2CCN(CCc3cccc(F)c3)C2)cn1)NO. The first kappa shape index (κ1) is 18.9. The predicted octanol–water partition coefficient (Wildman–Crippen LogP) is 1.86. The van der Waals surface area contributed by atoms with E-state index in [0.717, 1.165) is 38.0 Å². The second-order valence-corrected chi connectivity index (χ2v) is 6.45. The van der Waals surface area contributed by atoms with Gasteiger partial charge in [0.1, 0.15) is 11.6 Å². The number of anilines is 1. The third kappa shape index (κ3) is 5.83. The topological polar surface area (TPSA) is 90.4 Å². The fourth-order valence-electron chi connectivity index (χ4n) is 3.04. The van der Waals surface area contributed by atoms with Gasteiger partial charge in [-0.1, -0.05) is 12.1 Å². The smallest absolute Gasteiger partial charge is 0.267 e. The van der Waals surface area contributed by atoms with E-state index >= 15 is 0 Å². The van der Waals surface area contributed by atoms with Crippen LogP contribution in [0.1, 0.15) is 17.7 Å². The molecule has 1 saturated heterocycles. The Morgan fingerprint density at radius 1 is 1.37 bits per heavy atom. The minimum absolute atomic E-state index is 0.192. The number of aromatic nitrogens is 2. The highest BCUT2D eigenvalue weighted by Gasteiger charge is 2.22. The Labute approximate surface area is 156 Å². The zero-order valence-electron chi connectivity index (χ0n) is 14.8. The number of hydrogen-bond acceptors (Lipinski definition) is 6. The summed E-state index contributed by atoms with van der Waals surface area (Å²) in [6.07, 6.45) is 7.64. The molecule has 2 aromatic rings. The summed E-state index contributed by atoms with van der Waals surface area (Å²) in [5, 5.41) is 11.8. The molecule has 142 valence electrons. The molecule has 0 unspecified atom stereocenters. The molecule has 8 heteroatoms. The van der Waals surface area contributed by atoms with E-state index in [0.29, 0.717) is 11.5 Å². The third-order valence-corrected chi connectivity index (χ3v) is 4.42. The second-order valence-electron chi connectivity index (χ2n) is 6.45. The lowest BCUT2D eigenvalue weighted by atomic mass is 10.1. The molecule has 1 amide bonds. The predicted molar refractivity (Wildman–Crippen MR) is 99.6 cm³/mol. The number of hydrogen-bond donors (Lipinski definition) is 3. The Bertz CT molecular complexity index is 797. The van der Waals surface area contributed by atoms with Crippen LogP contribution in [0, 0.1) is 5.82 Å². The van der Waals surface area contributed by atoms with Gasteiger partial charge in [0.25, 0.3) is 5.91 Å². The maximum atomic E-state index is 13.2. The lowest BCUT2D eigenvalue weighted by Crippen LogP contribution is -2.28. The molecule has 0 aliphatic carbocycles. The van der Waals surface area contributed by atoms with E-state index in [2.05, 4.69) is 20.2 Å². The first-order valence-electron chi connectivity index (χ1n) is 8.80. The fourth-order valence-corrected chi connectivity index (χ4v) is 3.04. The summed E-state index contributed by atoms with van der Waals surface area (Å²) in [6, 6.07) is 7.02. The second kappa shape index (κ2) is 9.20. The van der Waals surface area contributed by atoms with Gasteiger partial charge in [0, 0.05) is 31.8 Å². The maximum absolute atomic E-state index is 13.2. The molecule has 3 N–H and O–H groups in total. The van der Waals surface area contributed by atoms with Crippen molar-refractivity contribution >= 4 is 17.8 Å². The molecular formula is C19H22FN5O2. The van der Waals surface area contributed by atoms with Crippen molar-refractivity contribution in [1.29, 1.82) is 0 Å². The van der Waals surface area contributed by atoms with Crippen LogP contribution in [-0.2, 0) is 11.2 Å². The number of nitrogens with one attached hydrogen (secondary N) is 2.